The first-order valence-corrected chi connectivity index (χ1v) is 5.15. The normalized spacial score (nSPS) is 13.1. The quantitative estimate of drug-likeness (QED) is 0.729. The van der Waals surface area contributed by atoms with Crippen molar-refractivity contribution < 1.29 is 23.1 Å². The van der Waals surface area contributed by atoms with Gasteiger partial charge in [-0.25, -0.2) is 4.79 Å². The Morgan fingerprint density at radius 2 is 2.11 bits per heavy atom. The van der Waals surface area contributed by atoms with E-state index in [2.05, 4.69) is 5.32 Å². The summed E-state index contributed by atoms with van der Waals surface area (Å²) in [4.78, 5) is 10.9. The van der Waals surface area contributed by atoms with Gasteiger partial charge in [-0.1, -0.05) is 0 Å². The highest BCUT2D eigenvalue weighted by Gasteiger charge is 2.30. The Labute approximate surface area is 102 Å². The van der Waals surface area contributed by atoms with Crippen LogP contribution < -0.4 is 11.1 Å². The lowest BCUT2D eigenvalue weighted by atomic mass is 10.1. The maximum atomic E-state index is 12.2. The molecule has 7 heteroatoms. The van der Waals surface area contributed by atoms with Crippen LogP contribution in [0.2, 0.25) is 0 Å². The standard InChI is InChI=1S/C11H13F3N2O2/c1-6(5-11(12,13)14)16-9-4-7(15)2-3-8(9)10(17)18/h2-4,6,16H,5,15H2,1H3,(H,17,18). The Morgan fingerprint density at radius 1 is 1.50 bits per heavy atom. The molecule has 0 bridgehead atoms. The van der Waals surface area contributed by atoms with Crippen molar-refractivity contribution in [2.75, 3.05) is 11.1 Å². The second kappa shape index (κ2) is 5.16. The number of hydrogen-bond acceptors (Lipinski definition) is 3. The zero-order chi connectivity index (χ0) is 13.9. The topological polar surface area (TPSA) is 75.3 Å². The third-order valence-electron chi connectivity index (χ3n) is 2.21. The van der Waals surface area contributed by atoms with Crippen LogP contribution in [0, 0.1) is 0 Å². The van der Waals surface area contributed by atoms with Gasteiger partial charge < -0.3 is 16.2 Å². The van der Waals surface area contributed by atoms with Crippen LogP contribution in [0.3, 0.4) is 0 Å². The minimum absolute atomic E-state index is 0.0826. The van der Waals surface area contributed by atoms with E-state index in [1.807, 2.05) is 0 Å². The average molecular weight is 262 g/mol. The number of halogens is 3. The molecule has 0 heterocycles. The van der Waals surface area contributed by atoms with E-state index >= 15 is 0 Å². The highest BCUT2D eigenvalue weighted by atomic mass is 19.4. The van der Waals surface area contributed by atoms with Gasteiger partial charge in [0, 0.05) is 11.7 Å². The van der Waals surface area contributed by atoms with Gasteiger partial charge in [-0.2, -0.15) is 13.2 Å². The molecule has 4 N–H and O–H groups in total. The first-order valence-electron chi connectivity index (χ1n) is 5.15. The summed E-state index contributed by atoms with van der Waals surface area (Å²) in [6.45, 7) is 1.32. The lowest BCUT2D eigenvalue weighted by Crippen LogP contribution is -2.24. The van der Waals surface area contributed by atoms with E-state index in [0.29, 0.717) is 0 Å². The molecule has 0 amide bonds. The van der Waals surface area contributed by atoms with Crippen LogP contribution in [0.4, 0.5) is 24.5 Å². The average Bonchev–Trinajstić information content (AvgIpc) is 2.13. The maximum absolute atomic E-state index is 12.2. The number of nitrogens with two attached hydrogens (primary N) is 1. The molecule has 1 rings (SSSR count). The summed E-state index contributed by atoms with van der Waals surface area (Å²) in [7, 11) is 0. The fourth-order valence-corrected chi connectivity index (χ4v) is 1.53. The number of aromatic carboxylic acids is 1. The smallest absolute Gasteiger partial charge is 0.391 e. The number of nitrogens with one attached hydrogen (secondary N) is 1. The number of alkyl halides is 3. The van der Waals surface area contributed by atoms with Crippen LogP contribution in [0.15, 0.2) is 18.2 Å². The summed E-state index contributed by atoms with van der Waals surface area (Å²) in [6, 6.07) is 2.99. The van der Waals surface area contributed by atoms with Crippen LogP contribution in [-0.4, -0.2) is 23.3 Å². The summed E-state index contributed by atoms with van der Waals surface area (Å²) in [5.74, 6) is -1.23. The van der Waals surface area contributed by atoms with Gasteiger partial charge in [0.1, 0.15) is 0 Å². The Morgan fingerprint density at radius 3 is 2.61 bits per heavy atom. The van der Waals surface area contributed by atoms with Gasteiger partial charge in [-0.3, -0.25) is 0 Å². The molecule has 0 aliphatic carbocycles. The molecule has 0 aromatic heterocycles. The molecule has 18 heavy (non-hydrogen) atoms. The van der Waals surface area contributed by atoms with E-state index in [4.69, 9.17) is 10.8 Å². The Kier molecular flexibility index (Phi) is 4.05. The highest BCUT2D eigenvalue weighted by molar-refractivity contribution is 5.95. The summed E-state index contributed by atoms with van der Waals surface area (Å²) < 4.78 is 36.5. The zero-order valence-corrected chi connectivity index (χ0v) is 9.58. The van der Waals surface area contributed by atoms with Crippen LogP contribution >= 0.6 is 0 Å². The van der Waals surface area contributed by atoms with Crippen molar-refractivity contribution in [1.29, 1.82) is 0 Å². The van der Waals surface area contributed by atoms with E-state index < -0.39 is 24.6 Å². The van der Waals surface area contributed by atoms with Crippen LogP contribution in [-0.2, 0) is 0 Å². The second-order valence-corrected chi connectivity index (χ2v) is 3.97. The van der Waals surface area contributed by atoms with Crippen LogP contribution in [0.5, 0.6) is 0 Å². The van der Waals surface area contributed by atoms with Crippen LogP contribution in [0.25, 0.3) is 0 Å². The molecule has 1 aromatic carbocycles. The van der Waals surface area contributed by atoms with E-state index in [0.717, 1.165) is 0 Å². The molecule has 0 fully saturated rings. The monoisotopic (exact) mass is 262 g/mol. The van der Waals surface area contributed by atoms with E-state index in [1.165, 1.54) is 25.1 Å². The Balaban J connectivity index is 2.89. The number of hydrogen-bond donors (Lipinski definition) is 3. The molecule has 4 nitrogen and oxygen atoms in total. The first kappa shape index (κ1) is 14.1. The third kappa shape index (κ3) is 4.15. The number of carbonyl (C=O) groups is 1. The number of anilines is 2. The molecule has 0 aliphatic heterocycles. The van der Waals surface area contributed by atoms with Crippen molar-refractivity contribution in [3.63, 3.8) is 0 Å². The number of nitrogen functional groups attached to an aromatic ring is 1. The molecule has 1 aromatic rings. The van der Waals surface area contributed by atoms with Crippen LogP contribution in [0.1, 0.15) is 23.7 Å². The largest absolute Gasteiger partial charge is 0.478 e. The molecular formula is C11H13F3N2O2. The zero-order valence-electron chi connectivity index (χ0n) is 9.58. The maximum Gasteiger partial charge on any atom is 0.391 e. The van der Waals surface area contributed by atoms with Gasteiger partial charge in [0.25, 0.3) is 0 Å². The summed E-state index contributed by atoms with van der Waals surface area (Å²) in [5.41, 5.74) is 5.72. The van der Waals surface area contributed by atoms with Crippen molar-refractivity contribution in [2.45, 2.75) is 25.6 Å². The molecule has 100 valence electrons. The number of carboxylic acids is 1. The van der Waals surface area contributed by atoms with Crippen molar-refractivity contribution in [1.82, 2.24) is 0 Å². The summed E-state index contributed by atoms with van der Waals surface area (Å²) >= 11 is 0. The molecular weight excluding hydrogens is 249 g/mol. The van der Waals surface area contributed by atoms with Crippen molar-refractivity contribution in [3.05, 3.63) is 23.8 Å². The Hall–Kier alpha value is -1.92. The van der Waals surface area contributed by atoms with E-state index in [9.17, 15) is 18.0 Å². The molecule has 0 saturated carbocycles. The summed E-state index contributed by atoms with van der Waals surface area (Å²) in [5, 5.41) is 11.4. The van der Waals surface area contributed by atoms with Crippen molar-refractivity contribution in [2.24, 2.45) is 0 Å². The summed E-state index contributed by atoms with van der Waals surface area (Å²) in [6.07, 6.45) is -5.36. The van der Waals surface area contributed by atoms with Crippen molar-refractivity contribution >= 4 is 17.3 Å². The third-order valence-corrected chi connectivity index (χ3v) is 2.21. The predicted molar refractivity (Wildman–Crippen MR) is 61.6 cm³/mol. The lowest BCUT2D eigenvalue weighted by molar-refractivity contribution is -0.136. The highest BCUT2D eigenvalue weighted by Crippen LogP contribution is 2.25. The number of carboxylic acid groups (broad SMARTS) is 1. The SMILES string of the molecule is CC(CC(F)(F)F)Nc1cc(N)ccc1C(=O)O. The second-order valence-electron chi connectivity index (χ2n) is 3.97. The molecule has 0 aliphatic rings. The fraction of sp³-hybridized carbons (Fsp3) is 0.364. The van der Waals surface area contributed by atoms with Gasteiger partial charge in [0.05, 0.1) is 17.7 Å². The number of benzene rings is 1. The van der Waals surface area contributed by atoms with E-state index in [-0.39, 0.29) is 16.9 Å². The van der Waals surface area contributed by atoms with Crippen molar-refractivity contribution in [3.8, 4) is 0 Å². The molecule has 0 spiro atoms. The minimum Gasteiger partial charge on any atom is -0.478 e. The predicted octanol–water partition coefficient (Wildman–Crippen LogP) is 2.72. The molecule has 0 saturated heterocycles. The van der Waals surface area contributed by atoms with Gasteiger partial charge in [-0.15, -0.1) is 0 Å². The molecule has 1 unspecified atom stereocenters. The fourth-order valence-electron chi connectivity index (χ4n) is 1.53. The minimum atomic E-state index is -4.31. The first-order chi connectivity index (χ1) is 8.19. The van der Waals surface area contributed by atoms with Gasteiger partial charge >= 0.3 is 12.1 Å². The lowest BCUT2D eigenvalue weighted by Gasteiger charge is -2.18. The van der Waals surface area contributed by atoms with E-state index in [1.54, 1.807) is 0 Å². The number of rotatable bonds is 4. The molecule has 1 atom stereocenters. The van der Waals surface area contributed by atoms with Gasteiger partial charge in [0.2, 0.25) is 0 Å². The van der Waals surface area contributed by atoms with Gasteiger partial charge in [0.15, 0.2) is 0 Å². The molecule has 0 radical (unpaired) electrons. The Bertz CT molecular complexity index is 446. The van der Waals surface area contributed by atoms with Gasteiger partial charge in [-0.05, 0) is 25.1 Å².